The van der Waals surface area contributed by atoms with Crippen LogP contribution in [-0.2, 0) is 4.79 Å². The van der Waals surface area contributed by atoms with Gasteiger partial charge in [-0.15, -0.1) is 0 Å². The fourth-order valence-electron chi connectivity index (χ4n) is 3.32. The highest BCUT2D eigenvalue weighted by Crippen LogP contribution is 2.33. The molecule has 2 aliphatic rings. The van der Waals surface area contributed by atoms with Crippen molar-refractivity contribution in [2.75, 3.05) is 18.4 Å². The molecule has 0 aliphatic carbocycles. The van der Waals surface area contributed by atoms with E-state index in [4.69, 9.17) is 16.3 Å². The normalized spacial score (nSPS) is 17.9. The molecular weight excluding hydrogens is 364 g/mol. The summed E-state index contributed by atoms with van der Waals surface area (Å²) in [5, 5.41) is 3.39. The van der Waals surface area contributed by atoms with Crippen molar-refractivity contribution in [2.45, 2.75) is 19.3 Å². The maximum absolute atomic E-state index is 12.7. The van der Waals surface area contributed by atoms with Crippen molar-refractivity contribution in [2.24, 2.45) is 0 Å². The van der Waals surface area contributed by atoms with Gasteiger partial charge in [-0.3, -0.25) is 9.59 Å². The van der Waals surface area contributed by atoms with E-state index in [-0.39, 0.29) is 17.6 Å². The molecule has 2 aromatic carbocycles. The van der Waals surface area contributed by atoms with Crippen molar-refractivity contribution < 1.29 is 14.3 Å². The van der Waals surface area contributed by atoms with Crippen molar-refractivity contribution in [1.29, 1.82) is 0 Å². The summed E-state index contributed by atoms with van der Waals surface area (Å²) in [4.78, 5) is 26.9. The molecule has 2 heterocycles. The minimum absolute atomic E-state index is 0.00739. The van der Waals surface area contributed by atoms with E-state index in [0.717, 1.165) is 31.5 Å². The summed E-state index contributed by atoms with van der Waals surface area (Å²) >= 11 is 5.98. The first-order valence-corrected chi connectivity index (χ1v) is 9.38. The molecule has 27 heavy (non-hydrogen) atoms. The number of amides is 2. The van der Waals surface area contributed by atoms with E-state index in [9.17, 15) is 9.59 Å². The van der Waals surface area contributed by atoms with Crippen LogP contribution in [0.15, 0.2) is 48.2 Å². The first-order chi connectivity index (χ1) is 13.1. The topological polar surface area (TPSA) is 58.6 Å². The molecule has 5 nitrogen and oxygen atoms in total. The summed E-state index contributed by atoms with van der Waals surface area (Å²) in [6.07, 6.45) is 4.87. The van der Waals surface area contributed by atoms with Crippen molar-refractivity contribution in [3.8, 4) is 5.75 Å². The van der Waals surface area contributed by atoms with Gasteiger partial charge in [-0.2, -0.15) is 0 Å². The molecule has 0 bridgehead atoms. The average molecular weight is 383 g/mol. The van der Waals surface area contributed by atoms with E-state index < -0.39 is 0 Å². The van der Waals surface area contributed by atoms with Gasteiger partial charge >= 0.3 is 0 Å². The maximum Gasteiger partial charge on any atom is 0.291 e. The van der Waals surface area contributed by atoms with Crippen LogP contribution in [0.25, 0.3) is 6.08 Å². The number of fused-ring (bicyclic) bond motifs is 1. The molecule has 2 aromatic rings. The third-order valence-electron chi connectivity index (χ3n) is 4.71. The zero-order chi connectivity index (χ0) is 18.8. The van der Waals surface area contributed by atoms with Crippen LogP contribution in [-0.4, -0.2) is 29.8 Å². The molecule has 0 saturated carbocycles. The van der Waals surface area contributed by atoms with E-state index >= 15 is 0 Å². The van der Waals surface area contributed by atoms with Gasteiger partial charge in [-0.1, -0.05) is 23.7 Å². The van der Waals surface area contributed by atoms with E-state index in [0.29, 0.717) is 22.0 Å². The third kappa shape index (κ3) is 3.83. The Morgan fingerprint density at radius 1 is 1.11 bits per heavy atom. The largest absolute Gasteiger partial charge is 0.449 e. The number of ether oxygens (including phenoxy) is 1. The number of hydrogen-bond donors (Lipinski definition) is 1. The van der Waals surface area contributed by atoms with Crippen LogP contribution in [0.3, 0.4) is 0 Å². The second-order valence-corrected chi connectivity index (χ2v) is 7.12. The third-order valence-corrected chi connectivity index (χ3v) is 4.94. The Balaban J connectivity index is 1.57. The van der Waals surface area contributed by atoms with Crippen LogP contribution < -0.4 is 10.1 Å². The maximum atomic E-state index is 12.7. The van der Waals surface area contributed by atoms with Gasteiger partial charge in [0.1, 0.15) is 0 Å². The summed E-state index contributed by atoms with van der Waals surface area (Å²) in [5.74, 6) is 0.329. The van der Waals surface area contributed by atoms with Crippen molar-refractivity contribution in [3.63, 3.8) is 0 Å². The zero-order valence-corrected chi connectivity index (χ0v) is 15.5. The standard InChI is InChI=1S/C21H19ClN2O3/c22-16-6-4-5-14(11-16)12-19-20(25)23-17-13-15(7-8-18(17)27-19)21(26)24-9-2-1-3-10-24/h4-8,11-13H,1-3,9-10H2,(H,23,25)/b19-12+. The van der Waals surface area contributed by atoms with Gasteiger partial charge < -0.3 is 15.0 Å². The minimum Gasteiger partial charge on any atom is -0.449 e. The van der Waals surface area contributed by atoms with Crippen LogP contribution in [0.5, 0.6) is 5.75 Å². The molecule has 0 aromatic heterocycles. The van der Waals surface area contributed by atoms with E-state index in [1.807, 2.05) is 17.0 Å². The predicted octanol–water partition coefficient (Wildman–Crippen LogP) is 4.34. The number of likely N-dealkylation sites (tertiary alicyclic amines) is 1. The van der Waals surface area contributed by atoms with Gasteiger partial charge in [0.15, 0.2) is 11.5 Å². The Bertz CT molecular complexity index is 933. The molecule has 4 rings (SSSR count). The monoisotopic (exact) mass is 382 g/mol. The molecule has 1 saturated heterocycles. The molecule has 6 heteroatoms. The Labute approximate surface area is 162 Å². The summed E-state index contributed by atoms with van der Waals surface area (Å²) < 4.78 is 5.75. The highest BCUT2D eigenvalue weighted by atomic mass is 35.5. The van der Waals surface area contributed by atoms with Crippen LogP contribution in [0.1, 0.15) is 35.2 Å². The molecule has 0 spiro atoms. The number of anilines is 1. The molecule has 2 amide bonds. The smallest absolute Gasteiger partial charge is 0.291 e. The minimum atomic E-state index is -0.356. The van der Waals surface area contributed by atoms with Gasteiger partial charge in [0.25, 0.3) is 11.8 Å². The number of carbonyl (C=O) groups is 2. The molecule has 0 unspecified atom stereocenters. The molecule has 1 fully saturated rings. The lowest BCUT2D eigenvalue weighted by molar-refractivity contribution is -0.115. The number of rotatable bonds is 2. The van der Waals surface area contributed by atoms with Gasteiger partial charge in [0, 0.05) is 23.7 Å². The summed E-state index contributed by atoms with van der Waals surface area (Å²) in [6, 6.07) is 12.3. The quantitative estimate of drug-likeness (QED) is 0.786. The van der Waals surface area contributed by atoms with Crippen molar-refractivity contribution in [3.05, 3.63) is 64.4 Å². The summed E-state index contributed by atoms with van der Waals surface area (Å²) in [6.45, 7) is 1.57. The highest BCUT2D eigenvalue weighted by Gasteiger charge is 2.25. The number of halogens is 1. The van der Waals surface area contributed by atoms with E-state index in [1.165, 1.54) is 6.42 Å². The van der Waals surface area contributed by atoms with Gasteiger partial charge in [-0.25, -0.2) is 0 Å². The van der Waals surface area contributed by atoms with Gasteiger partial charge in [0.05, 0.1) is 5.69 Å². The molecule has 0 radical (unpaired) electrons. The van der Waals surface area contributed by atoms with E-state index in [2.05, 4.69) is 5.32 Å². The number of nitrogens with one attached hydrogen (secondary N) is 1. The first kappa shape index (κ1) is 17.6. The van der Waals surface area contributed by atoms with Crippen LogP contribution in [0, 0.1) is 0 Å². The Hall–Kier alpha value is -2.79. The van der Waals surface area contributed by atoms with Crippen LogP contribution in [0.4, 0.5) is 5.69 Å². The SMILES string of the molecule is O=C1Nc2cc(C(=O)N3CCCCC3)ccc2O/C1=C/c1cccc(Cl)c1. The molecule has 1 N–H and O–H groups in total. The Morgan fingerprint density at radius 3 is 2.70 bits per heavy atom. The number of carbonyl (C=O) groups excluding carboxylic acids is 2. The lowest BCUT2D eigenvalue weighted by atomic mass is 10.1. The van der Waals surface area contributed by atoms with Crippen LogP contribution >= 0.6 is 11.6 Å². The second kappa shape index (κ2) is 7.45. The van der Waals surface area contributed by atoms with E-state index in [1.54, 1.807) is 36.4 Å². The first-order valence-electron chi connectivity index (χ1n) is 9.00. The Kier molecular flexibility index (Phi) is 4.86. The van der Waals surface area contributed by atoms with Crippen molar-refractivity contribution >= 4 is 35.2 Å². The second-order valence-electron chi connectivity index (χ2n) is 6.68. The zero-order valence-electron chi connectivity index (χ0n) is 14.7. The van der Waals surface area contributed by atoms with Crippen molar-refractivity contribution in [1.82, 2.24) is 4.90 Å². The lowest BCUT2D eigenvalue weighted by Gasteiger charge is -2.27. The number of benzene rings is 2. The van der Waals surface area contributed by atoms with Gasteiger partial charge in [-0.05, 0) is 61.2 Å². The molecule has 138 valence electrons. The fourth-order valence-corrected chi connectivity index (χ4v) is 3.52. The molecular formula is C21H19ClN2O3. The average Bonchev–Trinajstić information content (AvgIpc) is 2.68. The number of nitrogens with zero attached hydrogens (tertiary/aromatic N) is 1. The number of hydrogen-bond acceptors (Lipinski definition) is 3. The fraction of sp³-hybridized carbons (Fsp3) is 0.238. The van der Waals surface area contributed by atoms with Crippen LogP contribution in [0.2, 0.25) is 5.02 Å². The molecule has 0 atom stereocenters. The molecule has 2 aliphatic heterocycles. The Morgan fingerprint density at radius 2 is 1.93 bits per heavy atom. The lowest BCUT2D eigenvalue weighted by Crippen LogP contribution is -2.35. The predicted molar refractivity (Wildman–Crippen MR) is 105 cm³/mol. The van der Waals surface area contributed by atoms with Gasteiger partial charge in [0.2, 0.25) is 0 Å². The number of piperidine rings is 1. The summed E-state index contributed by atoms with van der Waals surface area (Å²) in [7, 11) is 0. The summed E-state index contributed by atoms with van der Waals surface area (Å²) in [5.41, 5.74) is 1.83. The highest BCUT2D eigenvalue weighted by molar-refractivity contribution is 6.30.